The van der Waals surface area contributed by atoms with Gasteiger partial charge in [0.1, 0.15) is 18.1 Å². The predicted octanol–water partition coefficient (Wildman–Crippen LogP) is 4.40. The third-order valence-corrected chi connectivity index (χ3v) is 9.50. The van der Waals surface area contributed by atoms with Crippen LogP contribution in [0.5, 0.6) is 0 Å². The van der Waals surface area contributed by atoms with E-state index in [1.54, 1.807) is 44.1 Å². The first kappa shape index (κ1) is 44.6. The molecule has 1 unspecified atom stereocenters. The molecule has 0 spiro atoms. The SMILES string of the molecule is C=C/C=C\C=C\C[C@@H](C)N(C)C(=O)[C@H](CC(C)C)N(C)C(=O)[C@H](CC(C)C)NC(=O)[C@H](C(C)C)N(C)C(=O)CC(NC)C(=O)N1CCCCC1. The van der Waals surface area contributed by atoms with Crippen molar-refractivity contribution in [3.8, 4) is 0 Å². The Morgan fingerprint density at radius 1 is 0.760 bits per heavy atom. The average Bonchev–Trinajstić information content (AvgIpc) is 3.07. The van der Waals surface area contributed by atoms with Crippen LogP contribution in [-0.4, -0.2) is 121 Å². The molecule has 11 nitrogen and oxygen atoms in total. The van der Waals surface area contributed by atoms with Crippen molar-refractivity contribution in [3.05, 3.63) is 37.0 Å². The Hall–Kier alpha value is -3.47. The molecule has 5 amide bonds. The van der Waals surface area contributed by atoms with Crippen LogP contribution in [0.15, 0.2) is 37.0 Å². The summed E-state index contributed by atoms with van der Waals surface area (Å²) in [5, 5.41) is 5.97. The maximum atomic E-state index is 14.2. The Labute approximate surface area is 302 Å². The monoisotopic (exact) mass is 701 g/mol. The third kappa shape index (κ3) is 14.0. The molecule has 0 bridgehead atoms. The molecular formula is C39H68N6O5. The van der Waals surface area contributed by atoms with E-state index in [0.29, 0.717) is 32.4 Å². The summed E-state index contributed by atoms with van der Waals surface area (Å²) in [4.78, 5) is 75.2. The molecule has 284 valence electrons. The van der Waals surface area contributed by atoms with E-state index in [9.17, 15) is 24.0 Å². The highest BCUT2D eigenvalue weighted by atomic mass is 16.2. The van der Waals surface area contributed by atoms with Gasteiger partial charge in [0.2, 0.25) is 29.5 Å². The smallest absolute Gasteiger partial charge is 0.245 e. The summed E-state index contributed by atoms with van der Waals surface area (Å²) < 4.78 is 0. The summed E-state index contributed by atoms with van der Waals surface area (Å²) in [6.45, 7) is 18.7. The number of likely N-dealkylation sites (tertiary alicyclic amines) is 1. The highest BCUT2D eigenvalue weighted by Crippen LogP contribution is 2.20. The van der Waals surface area contributed by atoms with E-state index in [2.05, 4.69) is 17.2 Å². The fourth-order valence-corrected chi connectivity index (χ4v) is 6.37. The van der Waals surface area contributed by atoms with Gasteiger partial charge in [-0.25, -0.2) is 0 Å². The standard InChI is InChI=1S/C39H68N6O5/c1-13-14-15-16-18-21-30(8)42(10)39(50)33(25-28(4)5)43(11)37(48)32(24-27(2)3)41-36(47)35(29(6)7)44(12)34(46)26-31(40-9)38(49)45-22-19-17-20-23-45/h13-16,18,27-33,35,40H,1,17,19-26H2,2-12H3,(H,41,47)/b15-14-,18-16+/t30-,31?,32+,33+,35+/m1/s1. The van der Waals surface area contributed by atoms with Crippen molar-refractivity contribution < 1.29 is 24.0 Å². The van der Waals surface area contributed by atoms with Crippen LogP contribution >= 0.6 is 0 Å². The largest absolute Gasteiger partial charge is 0.342 e. The van der Waals surface area contributed by atoms with Gasteiger partial charge in [-0.05, 0) is 70.3 Å². The normalized spacial score (nSPS) is 16.7. The molecule has 0 aromatic heterocycles. The first-order valence-corrected chi connectivity index (χ1v) is 18.5. The zero-order valence-electron chi connectivity index (χ0n) is 32.9. The molecule has 0 aliphatic carbocycles. The number of nitrogens with one attached hydrogen (secondary N) is 2. The Morgan fingerprint density at radius 3 is 1.88 bits per heavy atom. The Bertz CT molecular complexity index is 1180. The van der Waals surface area contributed by atoms with E-state index in [1.807, 2.05) is 72.8 Å². The second kappa shape index (κ2) is 22.4. The van der Waals surface area contributed by atoms with Gasteiger partial charge in [-0.3, -0.25) is 24.0 Å². The molecule has 1 aliphatic rings. The number of hydrogen-bond donors (Lipinski definition) is 2. The van der Waals surface area contributed by atoms with Crippen LogP contribution in [0, 0.1) is 17.8 Å². The van der Waals surface area contributed by atoms with Gasteiger partial charge in [0.25, 0.3) is 0 Å². The molecule has 5 atom stereocenters. The van der Waals surface area contributed by atoms with Crippen LogP contribution in [0.3, 0.4) is 0 Å². The van der Waals surface area contributed by atoms with Crippen molar-refractivity contribution in [1.82, 2.24) is 30.2 Å². The first-order valence-electron chi connectivity index (χ1n) is 18.5. The summed E-state index contributed by atoms with van der Waals surface area (Å²) in [5.41, 5.74) is 0. The van der Waals surface area contributed by atoms with Gasteiger partial charge in [0.15, 0.2) is 0 Å². The van der Waals surface area contributed by atoms with Crippen molar-refractivity contribution in [2.45, 2.75) is 124 Å². The Kier molecular flexibility index (Phi) is 19.9. The zero-order valence-corrected chi connectivity index (χ0v) is 32.9. The van der Waals surface area contributed by atoms with Crippen molar-refractivity contribution in [1.29, 1.82) is 0 Å². The summed E-state index contributed by atoms with van der Waals surface area (Å²) >= 11 is 0. The molecular weight excluding hydrogens is 632 g/mol. The Balaban J connectivity index is 3.21. The van der Waals surface area contributed by atoms with E-state index in [4.69, 9.17) is 0 Å². The predicted molar refractivity (Wildman–Crippen MR) is 202 cm³/mol. The number of carbonyl (C=O) groups is 5. The maximum absolute atomic E-state index is 14.2. The molecule has 0 aromatic rings. The lowest BCUT2D eigenvalue weighted by atomic mass is 9.96. The van der Waals surface area contributed by atoms with Crippen LogP contribution in [0.1, 0.15) is 93.4 Å². The van der Waals surface area contributed by atoms with Gasteiger partial charge in [-0.15, -0.1) is 0 Å². The van der Waals surface area contributed by atoms with E-state index in [0.717, 1.165) is 19.3 Å². The van der Waals surface area contributed by atoms with Crippen LogP contribution in [0.2, 0.25) is 0 Å². The minimum atomic E-state index is -0.896. The minimum absolute atomic E-state index is 0.0653. The molecule has 1 fully saturated rings. The lowest BCUT2D eigenvalue weighted by molar-refractivity contribution is -0.148. The topological polar surface area (TPSA) is 122 Å². The molecule has 0 aromatic carbocycles. The highest BCUT2D eigenvalue weighted by molar-refractivity contribution is 5.95. The number of nitrogens with zero attached hydrogens (tertiary/aromatic N) is 4. The second-order valence-corrected chi connectivity index (χ2v) is 15.0. The van der Waals surface area contributed by atoms with Crippen molar-refractivity contribution in [2.24, 2.45) is 17.8 Å². The van der Waals surface area contributed by atoms with Crippen molar-refractivity contribution in [2.75, 3.05) is 41.3 Å². The molecule has 2 N–H and O–H groups in total. The molecule has 1 aliphatic heterocycles. The minimum Gasteiger partial charge on any atom is -0.342 e. The van der Waals surface area contributed by atoms with Gasteiger partial charge in [-0.2, -0.15) is 0 Å². The quantitative estimate of drug-likeness (QED) is 0.182. The Morgan fingerprint density at radius 2 is 1.36 bits per heavy atom. The van der Waals surface area contributed by atoms with Gasteiger partial charge >= 0.3 is 0 Å². The summed E-state index contributed by atoms with van der Waals surface area (Å²) in [5.74, 6) is -1.45. The maximum Gasteiger partial charge on any atom is 0.245 e. The molecule has 0 saturated carbocycles. The number of amides is 5. The molecule has 11 heteroatoms. The first-order chi connectivity index (χ1) is 23.5. The van der Waals surface area contributed by atoms with Crippen LogP contribution in [0.25, 0.3) is 0 Å². The second-order valence-electron chi connectivity index (χ2n) is 15.0. The highest BCUT2D eigenvalue weighted by Gasteiger charge is 2.38. The zero-order chi connectivity index (χ0) is 38.1. The summed E-state index contributed by atoms with van der Waals surface area (Å²) in [6, 6.07) is -3.27. The van der Waals surface area contributed by atoms with E-state index < -0.39 is 30.1 Å². The fourth-order valence-electron chi connectivity index (χ4n) is 6.37. The average molecular weight is 701 g/mol. The number of rotatable bonds is 20. The number of allylic oxidation sites excluding steroid dienone is 4. The van der Waals surface area contributed by atoms with Crippen LogP contribution in [-0.2, 0) is 24.0 Å². The van der Waals surface area contributed by atoms with Gasteiger partial charge in [0, 0.05) is 40.3 Å². The lowest BCUT2D eigenvalue weighted by Crippen LogP contribution is -2.59. The van der Waals surface area contributed by atoms with Gasteiger partial charge < -0.3 is 30.2 Å². The van der Waals surface area contributed by atoms with E-state index >= 15 is 0 Å². The molecule has 1 heterocycles. The summed E-state index contributed by atoms with van der Waals surface area (Å²) in [7, 11) is 6.65. The number of carbonyl (C=O) groups excluding carboxylic acids is 5. The van der Waals surface area contributed by atoms with Crippen molar-refractivity contribution >= 4 is 29.5 Å². The van der Waals surface area contributed by atoms with E-state index in [1.165, 1.54) is 9.80 Å². The van der Waals surface area contributed by atoms with Gasteiger partial charge in [0.05, 0.1) is 12.5 Å². The molecule has 1 saturated heterocycles. The number of likely N-dealkylation sites (N-methyl/N-ethyl adjacent to an activating group) is 4. The number of piperidine rings is 1. The fraction of sp³-hybridized carbons (Fsp3) is 0.718. The molecule has 1 rings (SSSR count). The number of hydrogen-bond acceptors (Lipinski definition) is 6. The lowest BCUT2D eigenvalue weighted by Gasteiger charge is -2.37. The van der Waals surface area contributed by atoms with Crippen LogP contribution < -0.4 is 10.6 Å². The third-order valence-electron chi connectivity index (χ3n) is 9.50. The van der Waals surface area contributed by atoms with Crippen LogP contribution in [0.4, 0.5) is 0 Å². The molecule has 0 radical (unpaired) electrons. The summed E-state index contributed by atoms with van der Waals surface area (Å²) in [6.07, 6.45) is 13.7. The molecule has 50 heavy (non-hydrogen) atoms. The van der Waals surface area contributed by atoms with Crippen molar-refractivity contribution in [3.63, 3.8) is 0 Å². The van der Waals surface area contributed by atoms with E-state index in [-0.39, 0.29) is 53.8 Å². The van der Waals surface area contributed by atoms with Gasteiger partial charge in [-0.1, -0.05) is 78.5 Å².